The first-order valence-corrected chi connectivity index (χ1v) is 9.52. The van der Waals surface area contributed by atoms with Gasteiger partial charge < -0.3 is 9.88 Å². The van der Waals surface area contributed by atoms with E-state index in [1.165, 1.54) is 0 Å². The Hall–Kier alpha value is -3.11. The molecule has 1 aromatic heterocycles. The molecule has 0 spiro atoms. The van der Waals surface area contributed by atoms with Gasteiger partial charge in [0.2, 0.25) is 5.91 Å². The molecule has 0 unspecified atom stereocenters. The van der Waals surface area contributed by atoms with Crippen LogP contribution in [0.4, 0.5) is 5.69 Å². The minimum atomic E-state index is -0.0887. The van der Waals surface area contributed by atoms with E-state index >= 15 is 0 Å². The zero-order valence-electron chi connectivity index (χ0n) is 15.5. The van der Waals surface area contributed by atoms with Crippen molar-refractivity contribution in [3.63, 3.8) is 0 Å². The number of carbonyl (C=O) groups excluding carboxylic acids is 1. The molecule has 1 heterocycles. The van der Waals surface area contributed by atoms with Gasteiger partial charge in [0.25, 0.3) is 0 Å². The number of halogens is 1. The van der Waals surface area contributed by atoms with Crippen LogP contribution in [0.1, 0.15) is 17.0 Å². The molecule has 0 aliphatic heterocycles. The molecule has 0 saturated heterocycles. The Balaban J connectivity index is 1.65. The Kier molecular flexibility index (Phi) is 5.13. The van der Waals surface area contributed by atoms with Crippen molar-refractivity contribution in [3.05, 3.63) is 94.8 Å². The van der Waals surface area contributed by atoms with E-state index < -0.39 is 0 Å². The average molecular weight is 390 g/mol. The third-order valence-corrected chi connectivity index (χ3v) is 5.01. The van der Waals surface area contributed by atoms with Crippen LogP contribution in [-0.4, -0.2) is 15.5 Å². The SMILES string of the molecule is Cc1cccc(NC(=O)Cn2c(Cc3ccccc3Cl)nc3ccccc32)c1. The normalized spacial score (nSPS) is 10.9. The van der Waals surface area contributed by atoms with Crippen molar-refractivity contribution in [1.29, 1.82) is 0 Å². The van der Waals surface area contributed by atoms with Crippen LogP contribution >= 0.6 is 11.6 Å². The minimum Gasteiger partial charge on any atom is -0.325 e. The van der Waals surface area contributed by atoms with Crippen molar-refractivity contribution in [2.24, 2.45) is 0 Å². The van der Waals surface area contributed by atoms with Gasteiger partial charge >= 0.3 is 0 Å². The van der Waals surface area contributed by atoms with Crippen molar-refractivity contribution in [2.45, 2.75) is 19.9 Å². The lowest BCUT2D eigenvalue weighted by Gasteiger charge is -2.11. The standard InChI is InChI=1S/C23H20ClN3O/c1-16-7-6-9-18(13-16)25-23(28)15-27-21-12-5-4-11-20(21)26-22(27)14-17-8-2-3-10-19(17)24/h2-13H,14-15H2,1H3,(H,25,28). The molecule has 0 saturated carbocycles. The molecule has 0 bridgehead atoms. The second-order valence-corrected chi connectivity index (χ2v) is 7.20. The summed E-state index contributed by atoms with van der Waals surface area (Å²) >= 11 is 6.34. The zero-order chi connectivity index (χ0) is 19.5. The molecule has 4 rings (SSSR count). The molecule has 28 heavy (non-hydrogen) atoms. The van der Waals surface area contributed by atoms with Crippen molar-refractivity contribution >= 4 is 34.2 Å². The summed E-state index contributed by atoms with van der Waals surface area (Å²) in [7, 11) is 0. The molecular weight excluding hydrogens is 370 g/mol. The molecule has 4 nitrogen and oxygen atoms in total. The lowest BCUT2D eigenvalue weighted by molar-refractivity contribution is -0.116. The van der Waals surface area contributed by atoms with E-state index in [0.29, 0.717) is 11.4 Å². The number of fused-ring (bicyclic) bond motifs is 1. The second-order valence-electron chi connectivity index (χ2n) is 6.79. The van der Waals surface area contributed by atoms with Crippen LogP contribution in [0.3, 0.4) is 0 Å². The van der Waals surface area contributed by atoms with Gasteiger partial charge in [0, 0.05) is 17.1 Å². The number of imidazole rings is 1. The van der Waals surface area contributed by atoms with Crippen LogP contribution in [-0.2, 0) is 17.8 Å². The number of nitrogens with one attached hydrogen (secondary N) is 1. The summed E-state index contributed by atoms with van der Waals surface area (Å²) in [6, 6.07) is 23.3. The Morgan fingerprint density at radius 1 is 1.04 bits per heavy atom. The molecule has 0 aliphatic rings. The van der Waals surface area contributed by atoms with Gasteiger partial charge in [-0.1, -0.05) is 54.1 Å². The second kappa shape index (κ2) is 7.87. The van der Waals surface area contributed by atoms with E-state index in [-0.39, 0.29) is 12.5 Å². The molecule has 0 atom stereocenters. The number of hydrogen-bond donors (Lipinski definition) is 1. The average Bonchev–Trinajstić information content (AvgIpc) is 3.01. The lowest BCUT2D eigenvalue weighted by atomic mass is 10.1. The van der Waals surface area contributed by atoms with Crippen LogP contribution in [0.5, 0.6) is 0 Å². The number of nitrogens with zero attached hydrogens (tertiary/aromatic N) is 2. The highest BCUT2D eigenvalue weighted by Crippen LogP contribution is 2.22. The molecule has 1 N–H and O–H groups in total. The number of aryl methyl sites for hydroxylation is 1. The zero-order valence-corrected chi connectivity index (χ0v) is 16.3. The topological polar surface area (TPSA) is 46.9 Å². The number of benzene rings is 3. The summed E-state index contributed by atoms with van der Waals surface area (Å²) in [5, 5.41) is 3.67. The molecule has 0 fully saturated rings. The molecular formula is C23H20ClN3O. The molecule has 140 valence electrons. The summed E-state index contributed by atoms with van der Waals surface area (Å²) in [6.07, 6.45) is 0.562. The van der Waals surface area contributed by atoms with E-state index in [4.69, 9.17) is 16.6 Å². The maximum Gasteiger partial charge on any atom is 0.244 e. The quantitative estimate of drug-likeness (QED) is 0.508. The molecule has 1 amide bonds. The van der Waals surface area contributed by atoms with Crippen molar-refractivity contribution < 1.29 is 4.79 Å². The van der Waals surface area contributed by atoms with E-state index in [0.717, 1.165) is 33.7 Å². The van der Waals surface area contributed by atoms with Gasteiger partial charge in [0.15, 0.2) is 0 Å². The summed E-state index contributed by atoms with van der Waals surface area (Å²) in [4.78, 5) is 17.5. The van der Waals surface area contributed by atoms with Crippen molar-refractivity contribution in [3.8, 4) is 0 Å². The first kappa shape index (κ1) is 18.3. The van der Waals surface area contributed by atoms with Gasteiger partial charge in [0.1, 0.15) is 12.4 Å². The van der Waals surface area contributed by atoms with Gasteiger partial charge in [0.05, 0.1) is 11.0 Å². The van der Waals surface area contributed by atoms with Crippen LogP contribution in [0, 0.1) is 6.92 Å². The van der Waals surface area contributed by atoms with Crippen molar-refractivity contribution in [1.82, 2.24) is 9.55 Å². The number of hydrogen-bond acceptors (Lipinski definition) is 2. The largest absolute Gasteiger partial charge is 0.325 e. The van der Waals surface area contributed by atoms with Gasteiger partial charge in [-0.15, -0.1) is 0 Å². The van der Waals surface area contributed by atoms with Crippen LogP contribution < -0.4 is 5.32 Å². The van der Waals surface area contributed by atoms with Crippen LogP contribution in [0.25, 0.3) is 11.0 Å². The van der Waals surface area contributed by atoms with E-state index in [1.807, 2.05) is 84.3 Å². The number of para-hydroxylation sites is 2. The predicted octanol–water partition coefficient (Wildman–Crippen LogP) is 5.23. The monoisotopic (exact) mass is 389 g/mol. The number of anilines is 1. The van der Waals surface area contributed by atoms with Crippen LogP contribution in [0.15, 0.2) is 72.8 Å². The minimum absolute atomic E-state index is 0.0887. The predicted molar refractivity (Wildman–Crippen MR) is 114 cm³/mol. The fourth-order valence-corrected chi connectivity index (χ4v) is 3.52. The number of aromatic nitrogens is 2. The van der Waals surface area contributed by atoms with E-state index in [2.05, 4.69) is 5.32 Å². The summed E-state index contributed by atoms with van der Waals surface area (Å²) < 4.78 is 1.96. The van der Waals surface area contributed by atoms with Crippen LogP contribution in [0.2, 0.25) is 5.02 Å². The maximum atomic E-state index is 12.7. The van der Waals surface area contributed by atoms with E-state index in [9.17, 15) is 4.79 Å². The smallest absolute Gasteiger partial charge is 0.244 e. The molecule has 0 aliphatic carbocycles. The highest BCUT2D eigenvalue weighted by Gasteiger charge is 2.15. The molecule has 3 aromatic carbocycles. The Bertz CT molecular complexity index is 1150. The number of amides is 1. The Morgan fingerprint density at radius 2 is 1.82 bits per heavy atom. The fourth-order valence-electron chi connectivity index (χ4n) is 3.32. The fraction of sp³-hybridized carbons (Fsp3) is 0.130. The summed E-state index contributed by atoms with van der Waals surface area (Å²) in [6.45, 7) is 2.19. The Morgan fingerprint density at radius 3 is 2.64 bits per heavy atom. The highest BCUT2D eigenvalue weighted by molar-refractivity contribution is 6.31. The van der Waals surface area contributed by atoms with Gasteiger partial charge in [-0.25, -0.2) is 4.98 Å². The number of rotatable bonds is 5. The van der Waals surface area contributed by atoms with Gasteiger partial charge in [-0.2, -0.15) is 0 Å². The third kappa shape index (κ3) is 3.92. The molecule has 4 aromatic rings. The number of carbonyl (C=O) groups is 1. The lowest BCUT2D eigenvalue weighted by Crippen LogP contribution is -2.20. The molecule has 5 heteroatoms. The summed E-state index contributed by atoms with van der Waals surface area (Å²) in [5.41, 5.74) is 4.68. The first-order valence-electron chi connectivity index (χ1n) is 9.14. The Labute approximate surface area is 168 Å². The molecule has 0 radical (unpaired) electrons. The maximum absolute atomic E-state index is 12.7. The summed E-state index contributed by atoms with van der Waals surface area (Å²) in [5.74, 6) is 0.725. The van der Waals surface area contributed by atoms with Gasteiger partial charge in [-0.05, 0) is 48.4 Å². The van der Waals surface area contributed by atoms with Crippen molar-refractivity contribution in [2.75, 3.05) is 5.32 Å². The van der Waals surface area contributed by atoms with Gasteiger partial charge in [-0.3, -0.25) is 4.79 Å². The third-order valence-electron chi connectivity index (χ3n) is 4.64. The first-order chi connectivity index (χ1) is 13.6. The highest BCUT2D eigenvalue weighted by atomic mass is 35.5. The van der Waals surface area contributed by atoms with E-state index in [1.54, 1.807) is 0 Å².